The Morgan fingerprint density at radius 2 is 1.83 bits per heavy atom. The van der Waals surface area contributed by atoms with Crippen molar-refractivity contribution < 1.29 is 14.0 Å². The van der Waals surface area contributed by atoms with E-state index < -0.39 is 17.4 Å². The molecule has 0 aliphatic heterocycles. The number of nitrogens with one attached hydrogen (secondary N) is 1. The van der Waals surface area contributed by atoms with Gasteiger partial charge in [-0.05, 0) is 26.3 Å². The van der Waals surface area contributed by atoms with Crippen molar-refractivity contribution in [3.8, 4) is 0 Å². The Kier molecular flexibility index (Phi) is 4.09. The minimum Gasteiger partial charge on any atom is -0.436 e. The highest BCUT2D eigenvalue weighted by Gasteiger charge is 2.22. The molecule has 122 valence electrons. The van der Waals surface area contributed by atoms with Gasteiger partial charge in [0.05, 0.1) is 11.4 Å². The van der Waals surface area contributed by atoms with Crippen LogP contribution in [0.4, 0.5) is 5.69 Å². The third kappa shape index (κ3) is 2.75. The van der Waals surface area contributed by atoms with Crippen LogP contribution in [0.2, 0.25) is 0 Å². The van der Waals surface area contributed by atoms with Crippen molar-refractivity contribution in [1.29, 1.82) is 0 Å². The van der Waals surface area contributed by atoms with Gasteiger partial charge in [-0.3, -0.25) is 14.4 Å². The lowest BCUT2D eigenvalue weighted by Crippen LogP contribution is -2.32. The predicted molar refractivity (Wildman–Crippen MR) is 83.6 cm³/mol. The summed E-state index contributed by atoms with van der Waals surface area (Å²) in [7, 11) is 1.50. The maximum absolute atomic E-state index is 12.4. The zero-order chi connectivity index (χ0) is 17.5. The minimum absolute atomic E-state index is 0.0794. The summed E-state index contributed by atoms with van der Waals surface area (Å²) in [5, 5.41) is 2.67. The highest BCUT2D eigenvalue weighted by atomic mass is 16.4. The molecule has 2 amide bonds. The van der Waals surface area contributed by atoms with E-state index in [0.29, 0.717) is 28.5 Å². The molecule has 2 heterocycles. The number of hydrogen-bond donors (Lipinski definition) is 2. The second-order valence-corrected chi connectivity index (χ2v) is 5.29. The summed E-state index contributed by atoms with van der Waals surface area (Å²) >= 11 is 0. The summed E-state index contributed by atoms with van der Waals surface area (Å²) in [5.74, 6) is -0.899. The number of primary amides is 1. The van der Waals surface area contributed by atoms with Crippen LogP contribution in [0.25, 0.3) is 0 Å². The zero-order valence-electron chi connectivity index (χ0n) is 13.6. The first kappa shape index (κ1) is 16.5. The van der Waals surface area contributed by atoms with Crippen molar-refractivity contribution >= 4 is 17.5 Å². The number of aromatic nitrogens is 2. The maximum atomic E-state index is 12.4. The third-order valence-electron chi connectivity index (χ3n) is 3.73. The van der Waals surface area contributed by atoms with E-state index in [-0.39, 0.29) is 11.3 Å². The van der Waals surface area contributed by atoms with Crippen molar-refractivity contribution in [3.63, 3.8) is 0 Å². The monoisotopic (exact) mass is 318 g/mol. The van der Waals surface area contributed by atoms with Crippen LogP contribution in [-0.2, 0) is 7.05 Å². The first-order chi connectivity index (χ1) is 10.6. The number of carbonyl (C=O) groups is 2. The lowest BCUT2D eigenvalue weighted by molar-refractivity contribution is 0.0985. The van der Waals surface area contributed by atoms with Crippen molar-refractivity contribution in [2.75, 3.05) is 5.32 Å². The molecule has 0 saturated heterocycles. The number of amides is 2. The number of aryl methyl sites for hydroxylation is 2. The van der Waals surface area contributed by atoms with Crippen LogP contribution in [0.15, 0.2) is 9.21 Å². The zero-order valence-corrected chi connectivity index (χ0v) is 13.6. The van der Waals surface area contributed by atoms with E-state index in [0.717, 1.165) is 0 Å². The fraction of sp³-hybridized carbons (Fsp3) is 0.333. The number of hydrogen-bond acceptors (Lipinski definition) is 5. The van der Waals surface area contributed by atoms with E-state index in [1.807, 2.05) is 0 Å². The van der Waals surface area contributed by atoms with Crippen molar-refractivity contribution in [2.24, 2.45) is 12.8 Å². The van der Waals surface area contributed by atoms with Gasteiger partial charge in [0.25, 0.3) is 17.4 Å². The molecular weight excluding hydrogens is 300 g/mol. The SMILES string of the molecule is Cc1nc(C)c(C(=O)Nc2c(C)c(C(N)=O)c(=O)n(C)c2C)o1. The van der Waals surface area contributed by atoms with Crippen LogP contribution in [0, 0.1) is 27.7 Å². The fourth-order valence-corrected chi connectivity index (χ4v) is 2.43. The number of anilines is 1. The van der Waals surface area contributed by atoms with Gasteiger partial charge in [-0.2, -0.15) is 0 Å². The summed E-state index contributed by atoms with van der Waals surface area (Å²) in [6.07, 6.45) is 0. The van der Waals surface area contributed by atoms with Crippen LogP contribution in [-0.4, -0.2) is 21.4 Å². The van der Waals surface area contributed by atoms with E-state index >= 15 is 0 Å². The smallest absolute Gasteiger partial charge is 0.293 e. The summed E-state index contributed by atoms with van der Waals surface area (Å²) in [6, 6.07) is 0. The molecule has 0 aliphatic rings. The van der Waals surface area contributed by atoms with E-state index in [9.17, 15) is 14.4 Å². The maximum Gasteiger partial charge on any atom is 0.293 e. The summed E-state index contributed by atoms with van der Waals surface area (Å²) in [5.41, 5.74) is 6.24. The van der Waals surface area contributed by atoms with Crippen molar-refractivity contribution in [2.45, 2.75) is 27.7 Å². The van der Waals surface area contributed by atoms with E-state index in [1.165, 1.54) is 11.6 Å². The lowest BCUT2D eigenvalue weighted by Gasteiger charge is -2.16. The van der Waals surface area contributed by atoms with E-state index in [1.54, 1.807) is 27.7 Å². The Bertz CT molecular complexity index is 877. The van der Waals surface area contributed by atoms with E-state index in [2.05, 4.69) is 10.3 Å². The van der Waals surface area contributed by atoms with E-state index in [4.69, 9.17) is 10.2 Å². The molecule has 0 fully saturated rings. The Labute approximate surface area is 132 Å². The van der Waals surface area contributed by atoms with Crippen LogP contribution in [0.1, 0.15) is 43.8 Å². The van der Waals surface area contributed by atoms with Crippen molar-refractivity contribution in [3.05, 3.63) is 44.5 Å². The van der Waals surface area contributed by atoms with Crippen LogP contribution < -0.4 is 16.6 Å². The summed E-state index contributed by atoms with van der Waals surface area (Å²) in [4.78, 5) is 40.1. The van der Waals surface area contributed by atoms with Gasteiger partial charge in [-0.1, -0.05) is 0 Å². The highest BCUT2D eigenvalue weighted by molar-refractivity contribution is 6.05. The molecule has 23 heavy (non-hydrogen) atoms. The normalized spacial score (nSPS) is 10.7. The quantitative estimate of drug-likeness (QED) is 0.873. The third-order valence-corrected chi connectivity index (χ3v) is 3.73. The molecule has 0 atom stereocenters. The van der Waals surface area contributed by atoms with Gasteiger partial charge in [-0.25, -0.2) is 4.98 Å². The summed E-state index contributed by atoms with van der Waals surface area (Å²) < 4.78 is 6.54. The molecule has 8 heteroatoms. The number of carbonyl (C=O) groups excluding carboxylic acids is 2. The largest absolute Gasteiger partial charge is 0.436 e. The van der Waals surface area contributed by atoms with Gasteiger partial charge < -0.3 is 20.0 Å². The van der Waals surface area contributed by atoms with Gasteiger partial charge in [0.2, 0.25) is 5.76 Å². The number of pyridine rings is 1. The molecule has 2 aromatic heterocycles. The highest BCUT2D eigenvalue weighted by Crippen LogP contribution is 2.22. The molecule has 3 N–H and O–H groups in total. The van der Waals surface area contributed by atoms with Crippen molar-refractivity contribution in [1.82, 2.24) is 9.55 Å². The van der Waals surface area contributed by atoms with Crippen LogP contribution in [0.3, 0.4) is 0 Å². The molecule has 0 unspecified atom stereocenters. The Balaban J connectivity index is 2.56. The number of nitrogens with zero attached hydrogens (tertiary/aromatic N) is 2. The van der Waals surface area contributed by atoms with Crippen LogP contribution in [0.5, 0.6) is 0 Å². The molecule has 0 aromatic carbocycles. The number of oxazole rings is 1. The summed E-state index contributed by atoms with van der Waals surface area (Å²) in [6.45, 7) is 6.51. The Morgan fingerprint density at radius 1 is 1.22 bits per heavy atom. The molecule has 0 radical (unpaired) electrons. The second kappa shape index (κ2) is 5.71. The molecule has 0 bridgehead atoms. The molecule has 8 nitrogen and oxygen atoms in total. The molecule has 2 rings (SSSR count). The topological polar surface area (TPSA) is 120 Å². The predicted octanol–water partition coefficient (Wildman–Crippen LogP) is 0.958. The van der Waals surface area contributed by atoms with Gasteiger partial charge in [0.15, 0.2) is 5.89 Å². The average molecular weight is 318 g/mol. The minimum atomic E-state index is -0.842. The fourth-order valence-electron chi connectivity index (χ4n) is 2.43. The molecule has 0 aliphatic carbocycles. The molecule has 0 saturated carbocycles. The van der Waals surface area contributed by atoms with Gasteiger partial charge >= 0.3 is 0 Å². The standard InChI is InChI=1S/C15H18N4O4/c1-6-10(13(16)20)15(22)19(5)8(3)11(6)18-14(21)12-7(2)17-9(4)23-12/h1-5H3,(H2,16,20)(H,18,21). The first-order valence-corrected chi connectivity index (χ1v) is 6.90. The average Bonchev–Trinajstić information content (AvgIpc) is 2.80. The lowest BCUT2D eigenvalue weighted by atomic mass is 10.1. The molecule has 0 spiro atoms. The first-order valence-electron chi connectivity index (χ1n) is 6.90. The molecular formula is C15H18N4O4. The number of rotatable bonds is 3. The Morgan fingerprint density at radius 3 is 2.30 bits per heavy atom. The van der Waals surface area contributed by atoms with Gasteiger partial charge in [-0.15, -0.1) is 0 Å². The second-order valence-electron chi connectivity index (χ2n) is 5.29. The van der Waals surface area contributed by atoms with Gasteiger partial charge in [0.1, 0.15) is 5.56 Å². The number of nitrogens with two attached hydrogens (primary N) is 1. The van der Waals surface area contributed by atoms with Gasteiger partial charge in [0, 0.05) is 19.7 Å². The van der Waals surface area contributed by atoms with Crippen LogP contribution >= 0.6 is 0 Å². The Hall–Kier alpha value is -2.90. The molecule has 2 aromatic rings.